The first-order valence-corrected chi connectivity index (χ1v) is 10.3. The molecule has 1 saturated heterocycles. The van der Waals surface area contributed by atoms with Crippen LogP contribution < -0.4 is 0 Å². The van der Waals surface area contributed by atoms with Gasteiger partial charge < -0.3 is 14.5 Å². The van der Waals surface area contributed by atoms with Crippen molar-refractivity contribution in [3.63, 3.8) is 0 Å². The second-order valence-corrected chi connectivity index (χ2v) is 9.31. The van der Waals surface area contributed by atoms with Crippen LogP contribution in [0.4, 0.5) is 4.79 Å². The highest BCUT2D eigenvalue weighted by molar-refractivity contribution is 6.20. The Morgan fingerprint density at radius 2 is 1.63 bits per heavy atom. The van der Waals surface area contributed by atoms with Gasteiger partial charge in [-0.25, -0.2) is 9.59 Å². The Hall–Kier alpha value is -2.90. The molecule has 2 fully saturated rings. The number of hydrogen-bond donors (Lipinski definition) is 0. The molecule has 2 aliphatic heterocycles. The van der Waals surface area contributed by atoms with E-state index in [-0.39, 0.29) is 23.1 Å². The number of carbonyl (C=O) groups is 4. The number of nitrogens with zero attached hydrogens (tertiary/aromatic N) is 2. The van der Waals surface area contributed by atoms with E-state index in [0.717, 1.165) is 19.3 Å². The van der Waals surface area contributed by atoms with Gasteiger partial charge in [0.1, 0.15) is 5.60 Å². The number of likely N-dealkylation sites (tertiary alicyclic amines) is 1. The van der Waals surface area contributed by atoms with Crippen LogP contribution in [0.25, 0.3) is 0 Å². The minimum Gasteiger partial charge on any atom is -0.444 e. The van der Waals surface area contributed by atoms with Crippen molar-refractivity contribution < 1.29 is 28.8 Å². The van der Waals surface area contributed by atoms with Crippen LogP contribution in [-0.4, -0.2) is 52.5 Å². The molecular formula is C22H26N2O6. The zero-order valence-electron chi connectivity index (χ0n) is 17.5. The van der Waals surface area contributed by atoms with E-state index in [1.165, 1.54) is 17.0 Å². The SMILES string of the molecule is CC(C)(C)OC(=O)N1CCC2(CCC2)C(C(=O)ON2C(=O)c3ccccc3C2=O)C1. The van der Waals surface area contributed by atoms with Crippen molar-refractivity contribution in [1.82, 2.24) is 9.96 Å². The van der Waals surface area contributed by atoms with E-state index in [4.69, 9.17) is 9.57 Å². The molecule has 3 amide bonds. The standard InChI is InChI=1S/C22H26N2O6/c1-21(2,3)29-20(28)23-12-11-22(9-6-10-22)16(13-23)19(27)30-24-17(25)14-7-4-5-8-15(14)18(24)26/h4-5,7-8,16H,6,9-13H2,1-3H3. The van der Waals surface area contributed by atoms with Crippen molar-refractivity contribution in [3.05, 3.63) is 35.4 Å². The van der Waals surface area contributed by atoms with Gasteiger partial charge in [0.25, 0.3) is 11.8 Å². The molecule has 160 valence electrons. The highest BCUT2D eigenvalue weighted by Gasteiger charge is 2.53. The van der Waals surface area contributed by atoms with E-state index in [2.05, 4.69) is 0 Å². The van der Waals surface area contributed by atoms with Gasteiger partial charge in [-0.15, -0.1) is 0 Å². The average Bonchev–Trinajstić information content (AvgIpc) is 2.90. The molecule has 1 atom stereocenters. The van der Waals surface area contributed by atoms with Crippen molar-refractivity contribution in [2.24, 2.45) is 11.3 Å². The molecule has 8 nitrogen and oxygen atoms in total. The largest absolute Gasteiger partial charge is 0.444 e. The highest BCUT2D eigenvalue weighted by atomic mass is 16.7. The molecule has 1 aliphatic carbocycles. The van der Waals surface area contributed by atoms with Gasteiger partial charge >= 0.3 is 12.1 Å². The van der Waals surface area contributed by atoms with Gasteiger partial charge in [-0.05, 0) is 57.6 Å². The van der Waals surface area contributed by atoms with Crippen molar-refractivity contribution in [1.29, 1.82) is 0 Å². The summed E-state index contributed by atoms with van der Waals surface area (Å²) in [5, 5.41) is 0.547. The smallest absolute Gasteiger partial charge is 0.410 e. The summed E-state index contributed by atoms with van der Waals surface area (Å²) in [6.45, 7) is 6.02. The van der Waals surface area contributed by atoms with E-state index in [0.29, 0.717) is 18.0 Å². The predicted molar refractivity (Wildman–Crippen MR) is 105 cm³/mol. The van der Waals surface area contributed by atoms with E-state index in [1.807, 2.05) is 0 Å². The van der Waals surface area contributed by atoms with Crippen LogP contribution in [0.2, 0.25) is 0 Å². The maximum Gasteiger partial charge on any atom is 0.410 e. The van der Waals surface area contributed by atoms with Crippen molar-refractivity contribution in [2.75, 3.05) is 13.1 Å². The number of rotatable bonds is 2. The van der Waals surface area contributed by atoms with Crippen LogP contribution in [0.1, 0.15) is 67.2 Å². The molecule has 0 N–H and O–H groups in total. The quantitative estimate of drug-likeness (QED) is 0.690. The normalized spacial score (nSPS) is 22.6. The van der Waals surface area contributed by atoms with Gasteiger partial charge in [0.05, 0.1) is 17.0 Å². The Bertz CT molecular complexity index is 879. The summed E-state index contributed by atoms with van der Waals surface area (Å²) in [7, 11) is 0. The summed E-state index contributed by atoms with van der Waals surface area (Å²) in [5.74, 6) is -2.56. The van der Waals surface area contributed by atoms with E-state index in [1.54, 1.807) is 32.9 Å². The summed E-state index contributed by atoms with van der Waals surface area (Å²) in [6, 6.07) is 6.36. The molecule has 0 radical (unpaired) electrons. The number of imide groups is 1. The van der Waals surface area contributed by atoms with Crippen LogP contribution >= 0.6 is 0 Å². The van der Waals surface area contributed by atoms with Gasteiger partial charge in [0.2, 0.25) is 0 Å². The first kappa shape index (κ1) is 20.4. The number of ether oxygens (including phenoxy) is 1. The number of hydrogen-bond acceptors (Lipinski definition) is 6. The molecule has 8 heteroatoms. The van der Waals surface area contributed by atoms with Crippen LogP contribution in [0.5, 0.6) is 0 Å². The molecule has 1 unspecified atom stereocenters. The van der Waals surface area contributed by atoms with Gasteiger partial charge in [0, 0.05) is 13.1 Å². The highest BCUT2D eigenvalue weighted by Crippen LogP contribution is 2.52. The lowest BCUT2D eigenvalue weighted by Crippen LogP contribution is -2.56. The molecule has 0 aromatic heterocycles. The fourth-order valence-electron chi connectivity index (χ4n) is 4.49. The lowest BCUT2D eigenvalue weighted by molar-refractivity contribution is -0.186. The minimum atomic E-state index is -0.655. The number of carbonyl (C=O) groups excluding carboxylic acids is 4. The molecule has 0 bridgehead atoms. The number of piperidine rings is 1. The average molecular weight is 414 g/mol. The van der Waals surface area contributed by atoms with Crippen LogP contribution in [-0.2, 0) is 14.4 Å². The first-order chi connectivity index (χ1) is 14.1. The topological polar surface area (TPSA) is 93.2 Å². The number of hydroxylamine groups is 2. The van der Waals surface area contributed by atoms with E-state index in [9.17, 15) is 19.2 Å². The van der Waals surface area contributed by atoms with Gasteiger partial charge in [-0.2, -0.15) is 0 Å². The minimum absolute atomic E-state index is 0.150. The zero-order valence-corrected chi connectivity index (χ0v) is 17.5. The molecule has 2 heterocycles. The predicted octanol–water partition coefficient (Wildman–Crippen LogP) is 3.17. The van der Waals surface area contributed by atoms with Crippen LogP contribution in [0.15, 0.2) is 24.3 Å². The summed E-state index contributed by atoms with van der Waals surface area (Å²) in [6.07, 6.45) is 2.90. The molecule has 1 aromatic carbocycles. The van der Waals surface area contributed by atoms with Crippen molar-refractivity contribution in [3.8, 4) is 0 Å². The maximum atomic E-state index is 13.1. The molecule has 3 aliphatic rings. The Morgan fingerprint density at radius 1 is 1.03 bits per heavy atom. The summed E-state index contributed by atoms with van der Waals surface area (Å²) in [4.78, 5) is 57.6. The van der Waals surface area contributed by atoms with E-state index < -0.39 is 35.4 Å². The lowest BCUT2D eigenvalue weighted by Gasteiger charge is -2.51. The third-order valence-electron chi connectivity index (χ3n) is 6.25. The fraction of sp³-hybridized carbons (Fsp3) is 0.545. The molecule has 30 heavy (non-hydrogen) atoms. The van der Waals surface area contributed by atoms with Crippen LogP contribution in [0.3, 0.4) is 0 Å². The Kier molecular flexibility index (Phi) is 4.83. The third-order valence-corrected chi connectivity index (χ3v) is 6.25. The Balaban J connectivity index is 1.50. The molecule has 1 aromatic rings. The Labute approximate surface area is 175 Å². The van der Waals surface area contributed by atoms with Gasteiger partial charge in [-0.3, -0.25) is 9.59 Å². The summed E-state index contributed by atoms with van der Waals surface area (Å²) in [5.41, 5.74) is -0.465. The van der Waals surface area contributed by atoms with E-state index >= 15 is 0 Å². The second kappa shape index (κ2) is 7.11. The number of amides is 3. The molecule has 1 spiro atoms. The van der Waals surface area contributed by atoms with Gasteiger partial charge in [-0.1, -0.05) is 23.6 Å². The fourth-order valence-corrected chi connectivity index (χ4v) is 4.49. The second-order valence-electron chi connectivity index (χ2n) is 9.31. The third kappa shape index (κ3) is 3.44. The lowest BCUT2D eigenvalue weighted by atomic mass is 9.57. The number of fused-ring (bicyclic) bond motifs is 1. The summed E-state index contributed by atoms with van der Waals surface area (Å²) < 4.78 is 5.45. The zero-order chi connectivity index (χ0) is 21.7. The molecular weight excluding hydrogens is 388 g/mol. The molecule has 1 saturated carbocycles. The number of benzene rings is 1. The van der Waals surface area contributed by atoms with Crippen molar-refractivity contribution >= 4 is 23.9 Å². The van der Waals surface area contributed by atoms with Crippen LogP contribution in [0, 0.1) is 11.3 Å². The van der Waals surface area contributed by atoms with Crippen molar-refractivity contribution in [2.45, 2.75) is 52.1 Å². The van der Waals surface area contributed by atoms with Gasteiger partial charge in [0.15, 0.2) is 0 Å². The Morgan fingerprint density at radius 3 is 2.13 bits per heavy atom. The monoisotopic (exact) mass is 414 g/mol. The summed E-state index contributed by atoms with van der Waals surface area (Å²) >= 11 is 0. The maximum absolute atomic E-state index is 13.1. The first-order valence-electron chi connectivity index (χ1n) is 10.3. The molecule has 4 rings (SSSR count).